The van der Waals surface area contributed by atoms with Crippen molar-refractivity contribution in [2.45, 2.75) is 51.4 Å². The minimum atomic E-state index is -4.21. The number of carbonyl (C=O) groups excluding carboxylic acids is 1. The molecule has 1 fully saturated rings. The van der Waals surface area contributed by atoms with E-state index in [2.05, 4.69) is 15.3 Å². The zero-order valence-corrected chi connectivity index (χ0v) is 21.4. The predicted molar refractivity (Wildman–Crippen MR) is 139 cm³/mol. The molecule has 6 rings (SSSR count). The largest absolute Gasteiger partial charge is 0.404 e. The number of aryl methyl sites for hydroxylation is 1. The molecule has 0 spiro atoms. The van der Waals surface area contributed by atoms with Crippen LogP contribution in [0.3, 0.4) is 0 Å². The highest BCUT2D eigenvalue weighted by molar-refractivity contribution is 7.19. The van der Waals surface area contributed by atoms with E-state index in [1.807, 2.05) is 41.1 Å². The molecule has 1 atom stereocenters. The zero-order valence-electron chi connectivity index (χ0n) is 20.6. The average Bonchev–Trinajstić information content (AvgIpc) is 3.61. The fraction of sp³-hybridized carbons (Fsp3) is 0.333. The fourth-order valence-corrected chi connectivity index (χ4v) is 6.47. The highest BCUT2D eigenvalue weighted by Crippen LogP contribution is 2.44. The Hall–Kier alpha value is -3.57. The van der Waals surface area contributed by atoms with E-state index in [9.17, 15) is 18.0 Å². The number of nitrogens with one attached hydrogen (secondary N) is 1. The minimum absolute atomic E-state index is 0.149. The number of amides is 1. The Morgan fingerprint density at radius 2 is 2.00 bits per heavy atom. The third-order valence-electron chi connectivity index (χ3n) is 7.03. The topological polar surface area (TPSA) is 75.9 Å². The number of hydrogen-bond acceptors (Lipinski definition) is 6. The summed E-state index contributed by atoms with van der Waals surface area (Å²) in [6.45, 7) is 2.15. The number of anilines is 1. The molecular weight excluding hydrogens is 513 g/mol. The van der Waals surface area contributed by atoms with Crippen molar-refractivity contribution >= 4 is 22.4 Å². The molecule has 38 heavy (non-hydrogen) atoms. The molecule has 1 aliphatic carbocycles. The number of hydrogen-bond donors (Lipinski definition) is 1. The van der Waals surface area contributed by atoms with Gasteiger partial charge in [-0.05, 0) is 62.1 Å². The minimum Gasteiger partial charge on any atom is -0.302 e. The Bertz CT molecular complexity index is 1480. The van der Waals surface area contributed by atoms with Crippen LogP contribution in [-0.2, 0) is 24.2 Å². The molecule has 0 saturated carbocycles. The first kappa shape index (κ1) is 24.7. The van der Waals surface area contributed by atoms with Crippen molar-refractivity contribution in [3.05, 3.63) is 65.6 Å². The van der Waals surface area contributed by atoms with Gasteiger partial charge in [0.25, 0.3) is 0 Å². The molecule has 1 amide bonds. The number of aromatic nitrogens is 4. The van der Waals surface area contributed by atoms with Crippen LogP contribution in [0.1, 0.15) is 36.6 Å². The van der Waals surface area contributed by atoms with Crippen molar-refractivity contribution in [2.75, 3.05) is 11.9 Å². The van der Waals surface area contributed by atoms with E-state index >= 15 is 0 Å². The Balaban J connectivity index is 1.38. The summed E-state index contributed by atoms with van der Waals surface area (Å²) in [5, 5.41) is 8.33. The van der Waals surface area contributed by atoms with Crippen molar-refractivity contribution in [3.63, 3.8) is 0 Å². The van der Waals surface area contributed by atoms with Crippen LogP contribution in [0.15, 0.2) is 48.8 Å². The van der Waals surface area contributed by atoms with Gasteiger partial charge >= 0.3 is 6.18 Å². The molecule has 1 unspecified atom stereocenters. The fourth-order valence-electron chi connectivity index (χ4n) is 5.36. The van der Waals surface area contributed by atoms with E-state index in [1.165, 1.54) is 23.2 Å². The standard InChI is InChI=1S/C27H25F3N6OS/c1-16(37)32-26-33-21-11-10-20-23(18-4-2-12-31-14-18)34-36(24(20)25(21)38-26)19-8-6-17(7-9-19)15-35-13-3-5-22(35)27(28,29)30/h2,4,6-9,12,14,22H,3,5,10-11,13,15H2,1H3,(H,32,33,37). The summed E-state index contributed by atoms with van der Waals surface area (Å²) >= 11 is 1.42. The number of alkyl halides is 3. The van der Waals surface area contributed by atoms with Crippen molar-refractivity contribution in [2.24, 2.45) is 0 Å². The lowest BCUT2D eigenvalue weighted by molar-refractivity contribution is -0.177. The molecule has 3 aromatic heterocycles. The number of pyridine rings is 1. The van der Waals surface area contributed by atoms with Gasteiger partial charge in [-0.3, -0.25) is 14.7 Å². The summed E-state index contributed by atoms with van der Waals surface area (Å²) in [6, 6.07) is 10.0. The van der Waals surface area contributed by atoms with Crippen molar-refractivity contribution < 1.29 is 18.0 Å². The Labute approximate surface area is 221 Å². The molecule has 0 radical (unpaired) electrons. The second-order valence-electron chi connectivity index (χ2n) is 9.64. The van der Waals surface area contributed by atoms with Crippen LogP contribution < -0.4 is 5.32 Å². The summed E-state index contributed by atoms with van der Waals surface area (Å²) in [4.78, 5) is 23.0. The van der Waals surface area contributed by atoms with E-state index in [1.54, 1.807) is 12.4 Å². The van der Waals surface area contributed by atoms with Crippen LogP contribution in [0.5, 0.6) is 0 Å². The highest BCUT2D eigenvalue weighted by Gasteiger charge is 2.45. The number of thiazole rings is 1. The number of benzene rings is 1. The maximum atomic E-state index is 13.4. The molecule has 1 aromatic carbocycles. The molecule has 2 aliphatic rings. The van der Waals surface area contributed by atoms with Gasteiger partial charge in [0.15, 0.2) is 5.13 Å². The molecular formula is C27H25F3N6OS. The maximum absolute atomic E-state index is 13.4. The van der Waals surface area contributed by atoms with Crippen molar-refractivity contribution in [1.82, 2.24) is 24.6 Å². The van der Waals surface area contributed by atoms with E-state index in [0.717, 1.165) is 57.2 Å². The lowest BCUT2D eigenvalue weighted by Gasteiger charge is -2.26. The Morgan fingerprint density at radius 1 is 1.18 bits per heavy atom. The molecule has 1 aliphatic heterocycles. The monoisotopic (exact) mass is 538 g/mol. The summed E-state index contributed by atoms with van der Waals surface area (Å²) < 4.78 is 42.1. The lowest BCUT2D eigenvalue weighted by Crippen LogP contribution is -2.40. The van der Waals surface area contributed by atoms with Gasteiger partial charge in [-0.15, -0.1) is 0 Å². The molecule has 11 heteroatoms. The van der Waals surface area contributed by atoms with Gasteiger partial charge in [-0.2, -0.15) is 18.3 Å². The molecule has 1 N–H and O–H groups in total. The van der Waals surface area contributed by atoms with E-state index < -0.39 is 12.2 Å². The van der Waals surface area contributed by atoms with Crippen molar-refractivity contribution in [3.8, 4) is 27.5 Å². The first-order valence-electron chi connectivity index (χ1n) is 12.5. The quantitative estimate of drug-likeness (QED) is 0.356. The predicted octanol–water partition coefficient (Wildman–Crippen LogP) is 5.64. The van der Waals surface area contributed by atoms with E-state index in [4.69, 9.17) is 5.10 Å². The molecule has 196 valence electrons. The third kappa shape index (κ3) is 4.60. The van der Waals surface area contributed by atoms with Gasteiger partial charge in [0, 0.05) is 37.0 Å². The average molecular weight is 539 g/mol. The summed E-state index contributed by atoms with van der Waals surface area (Å²) in [5.74, 6) is -0.178. The summed E-state index contributed by atoms with van der Waals surface area (Å²) in [6.07, 6.45) is 1.46. The van der Waals surface area contributed by atoms with Crippen molar-refractivity contribution in [1.29, 1.82) is 0 Å². The van der Waals surface area contributed by atoms with Gasteiger partial charge in [0.05, 0.1) is 27.6 Å². The Morgan fingerprint density at radius 3 is 2.71 bits per heavy atom. The molecule has 4 aromatic rings. The highest BCUT2D eigenvalue weighted by atomic mass is 32.1. The number of carbonyl (C=O) groups is 1. The Kier molecular flexibility index (Phi) is 6.27. The first-order chi connectivity index (χ1) is 18.3. The first-order valence-corrected chi connectivity index (χ1v) is 13.3. The second-order valence-corrected chi connectivity index (χ2v) is 10.6. The number of nitrogens with zero attached hydrogens (tertiary/aromatic N) is 5. The molecule has 1 saturated heterocycles. The normalized spacial score (nSPS) is 17.3. The zero-order chi connectivity index (χ0) is 26.4. The number of fused-ring (bicyclic) bond motifs is 3. The van der Waals surface area contributed by atoms with Crippen LogP contribution in [0.2, 0.25) is 0 Å². The smallest absolute Gasteiger partial charge is 0.302 e. The van der Waals surface area contributed by atoms with Crippen LogP contribution in [0, 0.1) is 0 Å². The number of likely N-dealkylation sites (tertiary alicyclic amines) is 1. The molecule has 7 nitrogen and oxygen atoms in total. The second kappa shape index (κ2) is 9.63. The van der Waals surface area contributed by atoms with Gasteiger partial charge < -0.3 is 5.32 Å². The van der Waals surface area contributed by atoms with Crippen LogP contribution in [0.25, 0.3) is 27.5 Å². The lowest BCUT2D eigenvalue weighted by atomic mass is 9.95. The molecule has 4 heterocycles. The SMILES string of the molecule is CC(=O)Nc1nc2c(s1)-c1c(c(-c3cccnc3)nn1-c1ccc(CN3CCCC3C(F)(F)F)cc1)CC2. The van der Waals surface area contributed by atoms with Gasteiger partial charge in [-0.25, -0.2) is 9.67 Å². The van der Waals surface area contributed by atoms with Crippen LogP contribution >= 0.6 is 11.3 Å². The van der Waals surface area contributed by atoms with Gasteiger partial charge in [0.2, 0.25) is 5.91 Å². The van der Waals surface area contributed by atoms with E-state index in [0.29, 0.717) is 18.1 Å². The third-order valence-corrected chi connectivity index (χ3v) is 8.05. The molecule has 0 bridgehead atoms. The maximum Gasteiger partial charge on any atom is 0.404 e. The van der Waals surface area contributed by atoms with Gasteiger partial charge in [0.1, 0.15) is 6.04 Å². The number of halogens is 3. The van der Waals surface area contributed by atoms with Crippen LogP contribution in [-0.4, -0.2) is 49.3 Å². The van der Waals surface area contributed by atoms with Crippen LogP contribution in [0.4, 0.5) is 18.3 Å². The van der Waals surface area contributed by atoms with E-state index in [-0.39, 0.29) is 18.9 Å². The van der Waals surface area contributed by atoms with Gasteiger partial charge in [-0.1, -0.05) is 23.5 Å². The number of rotatable bonds is 5. The summed E-state index contributed by atoms with van der Waals surface area (Å²) in [5.41, 5.74) is 6.28. The summed E-state index contributed by atoms with van der Waals surface area (Å²) in [7, 11) is 0.